The fraction of sp³-hybridized carbons (Fsp3) is 0.353. The Bertz CT molecular complexity index is 697. The number of carbonyl (C=O) groups excluding carboxylic acids is 1. The van der Waals surface area contributed by atoms with E-state index in [1.54, 1.807) is 19.4 Å². The summed E-state index contributed by atoms with van der Waals surface area (Å²) in [6.45, 7) is 0.603. The third-order valence-electron chi connectivity index (χ3n) is 4.17. The minimum absolute atomic E-state index is 0.0857. The van der Waals surface area contributed by atoms with Crippen LogP contribution >= 0.6 is 0 Å². The van der Waals surface area contributed by atoms with Gasteiger partial charge in [0.05, 0.1) is 0 Å². The second kappa shape index (κ2) is 6.75. The summed E-state index contributed by atoms with van der Waals surface area (Å²) < 4.78 is 0. The van der Waals surface area contributed by atoms with Crippen LogP contribution in [-0.2, 0) is 6.54 Å². The summed E-state index contributed by atoms with van der Waals surface area (Å²) in [4.78, 5) is 20.3. The third-order valence-corrected chi connectivity index (χ3v) is 4.17. The van der Waals surface area contributed by atoms with Gasteiger partial charge in [0, 0.05) is 42.9 Å². The Morgan fingerprint density at radius 1 is 1.30 bits per heavy atom. The molecule has 1 saturated carbocycles. The number of amides is 1. The van der Waals surface area contributed by atoms with E-state index < -0.39 is 0 Å². The molecule has 120 valence electrons. The standard InChI is InChI=1S/C17H21N5O/c1-19-17(23)12-4-2-3-11(5-12)9-20-16-8-15(21-10-22-16)13-6-14(18)7-13/h2-5,8,10,13-14H,6-7,9,18H2,1H3,(H,19,23)(H,20,21,22). The Morgan fingerprint density at radius 2 is 2.13 bits per heavy atom. The summed E-state index contributed by atoms with van der Waals surface area (Å²) in [6, 6.07) is 9.82. The number of nitrogens with one attached hydrogen (secondary N) is 2. The normalized spacial score (nSPS) is 19.7. The monoisotopic (exact) mass is 311 g/mol. The predicted molar refractivity (Wildman–Crippen MR) is 89.1 cm³/mol. The molecule has 0 spiro atoms. The Kier molecular flexibility index (Phi) is 4.52. The van der Waals surface area contributed by atoms with Crippen LogP contribution in [0.1, 0.15) is 40.4 Å². The molecule has 23 heavy (non-hydrogen) atoms. The van der Waals surface area contributed by atoms with E-state index in [2.05, 4.69) is 20.6 Å². The van der Waals surface area contributed by atoms with E-state index in [0.717, 1.165) is 29.9 Å². The second-order valence-electron chi connectivity index (χ2n) is 5.89. The van der Waals surface area contributed by atoms with Crippen molar-refractivity contribution in [1.82, 2.24) is 15.3 Å². The van der Waals surface area contributed by atoms with Crippen molar-refractivity contribution >= 4 is 11.7 Å². The maximum Gasteiger partial charge on any atom is 0.251 e. The fourth-order valence-corrected chi connectivity index (χ4v) is 2.76. The molecule has 0 unspecified atom stereocenters. The summed E-state index contributed by atoms with van der Waals surface area (Å²) in [5, 5.41) is 5.91. The lowest BCUT2D eigenvalue weighted by atomic mass is 9.79. The zero-order chi connectivity index (χ0) is 16.2. The molecule has 1 amide bonds. The van der Waals surface area contributed by atoms with Gasteiger partial charge in [-0.1, -0.05) is 12.1 Å². The van der Waals surface area contributed by atoms with Gasteiger partial charge in [0.1, 0.15) is 12.1 Å². The number of aromatic nitrogens is 2. The molecule has 6 heteroatoms. The van der Waals surface area contributed by atoms with Gasteiger partial charge >= 0.3 is 0 Å². The molecule has 2 aromatic rings. The molecule has 1 aromatic heterocycles. The van der Waals surface area contributed by atoms with Crippen LogP contribution in [-0.4, -0.2) is 29.0 Å². The first-order valence-corrected chi connectivity index (χ1v) is 7.78. The summed E-state index contributed by atoms with van der Waals surface area (Å²) in [6.07, 6.45) is 3.57. The molecule has 0 bridgehead atoms. The molecule has 4 N–H and O–H groups in total. The van der Waals surface area contributed by atoms with Gasteiger partial charge < -0.3 is 16.4 Å². The zero-order valence-corrected chi connectivity index (χ0v) is 13.1. The van der Waals surface area contributed by atoms with Crippen molar-refractivity contribution in [3.63, 3.8) is 0 Å². The molecular formula is C17H21N5O. The van der Waals surface area contributed by atoms with Crippen LogP contribution in [0.5, 0.6) is 0 Å². The molecular weight excluding hydrogens is 290 g/mol. The van der Waals surface area contributed by atoms with Crippen LogP contribution in [0, 0.1) is 0 Å². The summed E-state index contributed by atoms with van der Waals surface area (Å²) >= 11 is 0. The van der Waals surface area contributed by atoms with Gasteiger partial charge in [0.2, 0.25) is 0 Å². The average molecular weight is 311 g/mol. The SMILES string of the molecule is CNC(=O)c1cccc(CNc2cc(C3CC(N)C3)ncn2)c1. The van der Waals surface area contributed by atoms with E-state index in [1.165, 1.54) is 0 Å². The lowest BCUT2D eigenvalue weighted by molar-refractivity contribution is 0.0963. The number of rotatable bonds is 5. The molecule has 0 radical (unpaired) electrons. The van der Waals surface area contributed by atoms with Gasteiger partial charge in [0.15, 0.2) is 0 Å². The smallest absolute Gasteiger partial charge is 0.251 e. The largest absolute Gasteiger partial charge is 0.366 e. The van der Waals surface area contributed by atoms with Crippen molar-refractivity contribution in [2.24, 2.45) is 5.73 Å². The van der Waals surface area contributed by atoms with Gasteiger partial charge in [0.25, 0.3) is 5.91 Å². The second-order valence-corrected chi connectivity index (χ2v) is 5.89. The lowest BCUT2D eigenvalue weighted by Crippen LogP contribution is -2.35. The molecule has 0 aliphatic heterocycles. The minimum atomic E-state index is -0.0857. The Labute approximate surface area is 135 Å². The van der Waals surface area contributed by atoms with E-state index in [1.807, 2.05) is 24.3 Å². The first-order chi connectivity index (χ1) is 11.2. The van der Waals surface area contributed by atoms with Crippen LogP contribution in [0.4, 0.5) is 5.82 Å². The Hall–Kier alpha value is -2.47. The zero-order valence-electron chi connectivity index (χ0n) is 13.1. The highest BCUT2D eigenvalue weighted by Crippen LogP contribution is 2.34. The Balaban J connectivity index is 1.64. The van der Waals surface area contributed by atoms with Crippen molar-refractivity contribution in [2.75, 3.05) is 12.4 Å². The number of anilines is 1. The number of carbonyl (C=O) groups is 1. The van der Waals surface area contributed by atoms with Crippen molar-refractivity contribution in [3.8, 4) is 0 Å². The van der Waals surface area contributed by atoms with E-state index in [-0.39, 0.29) is 5.91 Å². The molecule has 6 nitrogen and oxygen atoms in total. The van der Waals surface area contributed by atoms with Gasteiger partial charge in [-0.15, -0.1) is 0 Å². The molecule has 0 saturated heterocycles. The highest BCUT2D eigenvalue weighted by molar-refractivity contribution is 5.94. The van der Waals surface area contributed by atoms with E-state index in [0.29, 0.717) is 24.1 Å². The van der Waals surface area contributed by atoms with Crippen LogP contribution in [0.3, 0.4) is 0 Å². The first kappa shape index (κ1) is 15.4. The van der Waals surface area contributed by atoms with Crippen molar-refractivity contribution in [3.05, 3.63) is 53.5 Å². The van der Waals surface area contributed by atoms with Crippen LogP contribution in [0.2, 0.25) is 0 Å². The summed E-state index contributed by atoms with van der Waals surface area (Å²) in [7, 11) is 1.63. The number of nitrogens with two attached hydrogens (primary N) is 1. The van der Waals surface area contributed by atoms with Crippen LogP contribution in [0.25, 0.3) is 0 Å². The summed E-state index contributed by atoms with van der Waals surface area (Å²) in [5.41, 5.74) is 8.56. The van der Waals surface area contributed by atoms with E-state index >= 15 is 0 Å². The molecule has 1 aliphatic rings. The molecule has 0 atom stereocenters. The average Bonchev–Trinajstić information content (AvgIpc) is 2.57. The maximum atomic E-state index is 11.7. The van der Waals surface area contributed by atoms with Gasteiger partial charge in [-0.05, 0) is 30.5 Å². The van der Waals surface area contributed by atoms with E-state index in [9.17, 15) is 4.79 Å². The van der Waals surface area contributed by atoms with Gasteiger partial charge in [-0.2, -0.15) is 0 Å². The quantitative estimate of drug-likeness (QED) is 0.781. The van der Waals surface area contributed by atoms with Gasteiger partial charge in [-0.25, -0.2) is 9.97 Å². The van der Waals surface area contributed by atoms with Crippen molar-refractivity contribution < 1.29 is 4.79 Å². The minimum Gasteiger partial charge on any atom is -0.366 e. The number of hydrogen-bond donors (Lipinski definition) is 3. The highest BCUT2D eigenvalue weighted by atomic mass is 16.1. The number of hydrogen-bond acceptors (Lipinski definition) is 5. The highest BCUT2D eigenvalue weighted by Gasteiger charge is 2.28. The molecule has 3 rings (SSSR count). The van der Waals surface area contributed by atoms with Crippen LogP contribution in [0.15, 0.2) is 36.7 Å². The Morgan fingerprint density at radius 3 is 2.87 bits per heavy atom. The fourth-order valence-electron chi connectivity index (χ4n) is 2.76. The maximum absolute atomic E-state index is 11.7. The number of benzene rings is 1. The predicted octanol–water partition coefficient (Wildman–Crippen LogP) is 1.65. The number of nitrogens with zero attached hydrogens (tertiary/aromatic N) is 2. The lowest BCUT2D eigenvalue weighted by Gasteiger charge is -2.31. The third kappa shape index (κ3) is 3.65. The molecule has 1 aromatic carbocycles. The molecule has 1 aliphatic carbocycles. The molecule has 1 fully saturated rings. The first-order valence-electron chi connectivity index (χ1n) is 7.78. The summed E-state index contributed by atoms with van der Waals surface area (Å²) in [5.74, 6) is 1.16. The van der Waals surface area contributed by atoms with Crippen LogP contribution < -0.4 is 16.4 Å². The van der Waals surface area contributed by atoms with Crippen molar-refractivity contribution in [1.29, 1.82) is 0 Å². The van der Waals surface area contributed by atoms with Gasteiger partial charge in [-0.3, -0.25) is 4.79 Å². The van der Waals surface area contributed by atoms with E-state index in [4.69, 9.17) is 5.73 Å². The van der Waals surface area contributed by atoms with Crippen molar-refractivity contribution in [2.45, 2.75) is 31.3 Å². The molecule has 1 heterocycles. The topological polar surface area (TPSA) is 92.9 Å².